The molecular formula is C14H16ClF3O2. The molecule has 0 radical (unpaired) electrons. The molecule has 2 rings (SSSR count). The summed E-state index contributed by atoms with van der Waals surface area (Å²) in [5, 5.41) is 0. The first-order valence-corrected chi connectivity index (χ1v) is 6.96. The normalized spacial score (nSPS) is 19.4. The van der Waals surface area contributed by atoms with Gasteiger partial charge in [0, 0.05) is 12.5 Å². The molecule has 0 saturated heterocycles. The van der Waals surface area contributed by atoms with E-state index in [9.17, 15) is 13.2 Å². The minimum atomic E-state index is -4.45. The maximum absolute atomic E-state index is 13.1. The Hall–Kier alpha value is -0.940. The maximum atomic E-state index is 13.1. The average molecular weight is 309 g/mol. The van der Waals surface area contributed by atoms with E-state index in [2.05, 4.69) is 0 Å². The van der Waals surface area contributed by atoms with E-state index < -0.39 is 11.7 Å². The van der Waals surface area contributed by atoms with Crippen LogP contribution in [-0.4, -0.2) is 19.6 Å². The molecule has 0 spiro atoms. The van der Waals surface area contributed by atoms with Gasteiger partial charge in [0.15, 0.2) is 0 Å². The zero-order valence-corrected chi connectivity index (χ0v) is 11.9. The molecule has 0 fully saturated rings. The molecule has 1 aromatic carbocycles. The molecule has 1 aliphatic rings. The van der Waals surface area contributed by atoms with Crippen molar-refractivity contribution in [2.24, 2.45) is 0 Å². The number of alkyl halides is 4. The van der Waals surface area contributed by atoms with Crippen LogP contribution in [0, 0.1) is 0 Å². The molecule has 20 heavy (non-hydrogen) atoms. The Labute approximate surface area is 120 Å². The third-order valence-corrected chi connectivity index (χ3v) is 3.61. The van der Waals surface area contributed by atoms with Crippen LogP contribution >= 0.6 is 11.6 Å². The minimum absolute atomic E-state index is 0.136. The Morgan fingerprint density at radius 3 is 2.75 bits per heavy atom. The number of benzene rings is 1. The lowest BCUT2D eigenvalue weighted by atomic mass is 9.95. The van der Waals surface area contributed by atoms with Gasteiger partial charge in [0.2, 0.25) is 0 Å². The van der Waals surface area contributed by atoms with Crippen LogP contribution in [0.2, 0.25) is 0 Å². The third kappa shape index (κ3) is 3.20. The summed E-state index contributed by atoms with van der Waals surface area (Å²) in [6, 6.07) is 2.63. The predicted octanol–water partition coefficient (Wildman–Crippen LogP) is 4.35. The summed E-state index contributed by atoms with van der Waals surface area (Å²) < 4.78 is 49.7. The van der Waals surface area contributed by atoms with Crippen molar-refractivity contribution in [3.05, 3.63) is 28.8 Å². The van der Waals surface area contributed by atoms with E-state index in [-0.39, 0.29) is 11.9 Å². The molecule has 112 valence electrons. The number of aryl methyl sites for hydroxylation is 1. The lowest BCUT2D eigenvalue weighted by molar-refractivity contribution is -0.138. The quantitative estimate of drug-likeness (QED) is 0.773. The van der Waals surface area contributed by atoms with Crippen molar-refractivity contribution in [3.63, 3.8) is 0 Å². The molecule has 0 aliphatic carbocycles. The number of hydrogen-bond donors (Lipinski definition) is 0. The third-order valence-electron chi connectivity index (χ3n) is 3.39. The number of methoxy groups -OCH3 is 1. The summed E-state index contributed by atoms with van der Waals surface area (Å²) in [6.45, 7) is 0.528. The van der Waals surface area contributed by atoms with E-state index >= 15 is 0 Å². The summed E-state index contributed by atoms with van der Waals surface area (Å²) in [6.07, 6.45) is -2.86. The zero-order chi connectivity index (χ0) is 14.8. The van der Waals surface area contributed by atoms with Gasteiger partial charge in [-0.2, -0.15) is 13.2 Å². The highest BCUT2D eigenvalue weighted by Gasteiger charge is 2.36. The van der Waals surface area contributed by atoms with Crippen molar-refractivity contribution in [1.29, 1.82) is 0 Å². The Bertz CT molecular complexity index is 474. The highest BCUT2D eigenvalue weighted by molar-refractivity contribution is 6.17. The second kappa shape index (κ2) is 6.22. The number of halogens is 4. The molecule has 0 aromatic heterocycles. The van der Waals surface area contributed by atoms with Crippen molar-refractivity contribution in [1.82, 2.24) is 0 Å². The van der Waals surface area contributed by atoms with Crippen LogP contribution in [0.5, 0.6) is 5.75 Å². The monoisotopic (exact) mass is 308 g/mol. The number of rotatable bonds is 3. The van der Waals surface area contributed by atoms with E-state index in [1.807, 2.05) is 0 Å². The van der Waals surface area contributed by atoms with E-state index in [4.69, 9.17) is 21.1 Å². The first-order valence-electron chi connectivity index (χ1n) is 6.43. The van der Waals surface area contributed by atoms with Crippen LogP contribution in [0.25, 0.3) is 0 Å². The standard InChI is InChI=1S/C14H16ClF3O2/c1-19-13-7-9-3-2-6-20-12(4-5-15)10(9)8-11(13)14(16,17)18/h7-8,12H,2-6H2,1H3. The summed E-state index contributed by atoms with van der Waals surface area (Å²) in [5.74, 6) is 0.208. The molecule has 1 aliphatic heterocycles. The first-order chi connectivity index (χ1) is 9.47. The van der Waals surface area contributed by atoms with Crippen molar-refractivity contribution < 1.29 is 22.6 Å². The SMILES string of the molecule is COc1cc2c(cc1C(F)(F)F)C(CCCl)OCCC2. The fourth-order valence-electron chi connectivity index (χ4n) is 2.46. The number of ether oxygens (including phenoxy) is 2. The number of hydrogen-bond acceptors (Lipinski definition) is 2. The Kier molecular flexibility index (Phi) is 4.81. The van der Waals surface area contributed by atoms with E-state index in [0.717, 1.165) is 18.1 Å². The molecule has 0 saturated carbocycles. The molecule has 6 heteroatoms. The van der Waals surface area contributed by atoms with E-state index in [1.165, 1.54) is 13.2 Å². The maximum Gasteiger partial charge on any atom is 0.419 e. The minimum Gasteiger partial charge on any atom is -0.496 e. The van der Waals surface area contributed by atoms with Gasteiger partial charge in [0.25, 0.3) is 0 Å². The summed E-state index contributed by atoms with van der Waals surface area (Å²) >= 11 is 5.72. The van der Waals surface area contributed by atoms with Crippen LogP contribution in [-0.2, 0) is 17.3 Å². The first kappa shape index (κ1) is 15.4. The lowest BCUT2D eigenvalue weighted by Crippen LogP contribution is -2.12. The predicted molar refractivity (Wildman–Crippen MR) is 70.3 cm³/mol. The van der Waals surface area contributed by atoms with Crippen LogP contribution in [0.15, 0.2) is 12.1 Å². The van der Waals surface area contributed by atoms with Crippen molar-refractivity contribution in [2.45, 2.75) is 31.5 Å². The van der Waals surface area contributed by atoms with Crippen molar-refractivity contribution in [2.75, 3.05) is 19.6 Å². The fourth-order valence-corrected chi connectivity index (χ4v) is 2.66. The van der Waals surface area contributed by atoms with Crippen LogP contribution in [0.4, 0.5) is 13.2 Å². The smallest absolute Gasteiger partial charge is 0.419 e. The highest BCUT2D eigenvalue weighted by atomic mass is 35.5. The number of fused-ring (bicyclic) bond motifs is 1. The zero-order valence-electron chi connectivity index (χ0n) is 11.1. The largest absolute Gasteiger partial charge is 0.496 e. The Morgan fingerprint density at radius 1 is 1.40 bits per heavy atom. The lowest BCUT2D eigenvalue weighted by Gasteiger charge is -2.20. The van der Waals surface area contributed by atoms with Crippen molar-refractivity contribution >= 4 is 11.6 Å². The molecule has 2 nitrogen and oxygen atoms in total. The van der Waals surface area contributed by atoms with Crippen LogP contribution in [0.3, 0.4) is 0 Å². The molecule has 1 heterocycles. The molecule has 0 amide bonds. The van der Waals surface area contributed by atoms with Gasteiger partial charge in [-0.05, 0) is 42.5 Å². The van der Waals surface area contributed by atoms with Gasteiger partial charge in [-0.1, -0.05) is 0 Å². The van der Waals surface area contributed by atoms with Gasteiger partial charge in [-0.25, -0.2) is 0 Å². The van der Waals surface area contributed by atoms with Gasteiger partial charge < -0.3 is 9.47 Å². The Morgan fingerprint density at radius 2 is 2.15 bits per heavy atom. The van der Waals surface area contributed by atoms with E-state index in [0.29, 0.717) is 30.9 Å². The molecule has 0 bridgehead atoms. The van der Waals surface area contributed by atoms with Crippen molar-refractivity contribution in [3.8, 4) is 5.75 Å². The molecule has 1 unspecified atom stereocenters. The average Bonchev–Trinajstić information content (AvgIpc) is 2.59. The second-order valence-electron chi connectivity index (χ2n) is 4.69. The molecule has 0 N–H and O–H groups in total. The highest BCUT2D eigenvalue weighted by Crippen LogP contribution is 2.41. The second-order valence-corrected chi connectivity index (χ2v) is 5.07. The van der Waals surface area contributed by atoms with Gasteiger partial charge in [0.05, 0.1) is 18.8 Å². The summed E-state index contributed by atoms with van der Waals surface area (Å²) in [7, 11) is 1.25. The topological polar surface area (TPSA) is 18.5 Å². The van der Waals surface area contributed by atoms with E-state index in [1.54, 1.807) is 0 Å². The van der Waals surface area contributed by atoms with Gasteiger partial charge >= 0.3 is 6.18 Å². The Balaban J connectivity index is 2.52. The summed E-state index contributed by atoms with van der Waals surface area (Å²) in [4.78, 5) is 0. The fraction of sp³-hybridized carbons (Fsp3) is 0.571. The van der Waals surface area contributed by atoms with Gasteiger partial charge in [-0.3, -0.25) is 0 Å². The van der Waals surface area contributed by atoms with Crippen LogP contribution < -0.4 is 4.74 Å². The molecular weight excluding hydrogens is 293 g/mol. The van der Waals surface area contributed by atoms with Gasteiger partial charge in [0.1, 0.15) is 5.75 Å². The van der Waals surface area contributed by atoms with Gasteiger partial charge in [-0.15, -0.1) is 11.6 Å². The van der Waals surface area contributed by atoms with Crippen LogP contribution in [0.1, 0.15) is 35.6 Å². The molecule has 1 atom stereocenters. The molecule has 1 aromatic rings. The summed E-state index contributed by atoms with van der Waals surface area (Å²) in [5.41, 5.74) is 0.669.